The third-order valence-electron chi connectivity index (χ3n) is 4.45. The second-order valence-corrected chi connectivity index (χ2v) is 6.00. The Morgan fingerprint density at radius 2 is 1.88 bits per heavy atom. The summed E-state index contributed by atoms with van der Waals surface area (Å²) in [5, 5.41) is 2.80. The van der Waals surface area contributed by atoms with Gasteiger partial charge in [-0.3, -0.25) is 4.79 Å². The van der Waals surface area contributed by atoms with E-state index in [1.54, 1.807) is 49.8 Å². The topological polar surface area (TPSA) is 67.0 Å². The lowest BCUT2D eigenvalue weighted by Crippen LogP contribution is -2.03. The summed E-state index contributed by atoms with van der Waals surface area (Å²) in [4.78, 5) is 19.7. The molecule has 0 atom stereocenters. The van der Waals surface area contributed by atoms with Crippen molar-refractivity contribution >= 4 is 23.2 Å². The third kappa shape index (κ3) is 2.56. The van der Waals surface area contributed by atoms with Crippen LogP contribution in [0.5, 0.6) is 5.75 Å². The summed E-state index contributed by atoms with van der Waals surface area (Å²) in [6.07, 6.45) is 3.24. The number of nitrogens with one attached hydrogen (secondary N) is 2. The molecule has 26 heavy (non-hydrogen) atoms. The lowest BCUT2D eigenvalue weighted by Gasteiger charge is -2.11. The number of H-pyrrole nitrogens is 1. The van der Waals surface area contributed by atoms with Gasteiger partial charge in [0.25, 0.3) is 5.91 Å². The highest BCUT2D eigenvalue weighted by Gasteiger charge is 2.29. The average Bonchev–Trinajstić information content (AvgIpc) is 3.19. The van der Waals surface area contributed by atoms with Crippen molar-refractivity contribution in [3.8, 4) is 16.9 Å². The number of aromatic amines is 1. The zero-order valence-corrected chi connectivity index (χ0v) is 14.3. The lowest BCUT2D eigenvalue weighted by molar-refractivity contribution is -0.110. The number of hydrogen-bond donors (Lipinski definition) is 2. The third-order valence-corrected chi connectivity index (χ3v) is 4.45. The average molecular weight is 349 g/mol. The molecule has 2 heterocycles. The molecule has 0 unspecified atom stereocenters. The smallest absolute Gasteiger partial charge is 0.256 e. The van der Waals surface area contributed by atoms with E-state index in [0.29, 0.717) is 39.4 Å². The van der Waals surface area contributed by atoms with Crippen LogP contribution in [0.25, 0.3) is 22.8 Å². The molecule has 1 aromatic heterocycles. The van der Waals surface area contributed by atoms with Gasteiger partial charge in [-0.15, -0.1) is 0 Å². The van der Waals surface area contributed by atoms with E-state index in [0.717, 1.165) is 5.69 Å². The summed E-state index contributed by atoms with van der Waals surface area (Å²) < 4.78 is 19.9. The summed E-state index contributed by atoms with van der Waals surface area (Å²) in [5.41, 5.74) is 4.04. The van der Waals surface area contributed by atoms with Crippen LogP contribution in [0, 0.1) is 12.7 Å². The minimum Gasteiger partial charge on any atom is -0.497 e. The lowest BCUT2D eigenvalue weighted by atomic mass is 9.93. The number of carbonyl (C=O) groups is 1. The van der Waals surface area contributed by atoms with Gasteiger partial charge >= 0.3 is 0 Å². The van der Waals surface area contributed by atoms with E-state index in [4.69, 9.17) is 4.74 Å². The van der Waals surface area contributed by atoms with E-state index in [1.807, 2.05) is 6.92 Å². The highest BCUT2D eigenvalue weighted by molar-refractivity contribution is 6.36. The van der Waals surface area contributed by atoms with E-state index < -0.39 is 5.82 Å². The van der Waals surface area contributed by atoms with E-state index in [1.165, 1.54) is 6.07 Å². The van der Waals surface area contributed by atoms with E-state index in [9.17, 15) is 9.18 Å². The Balaban J connectivity index is 1.93. The van der Waals surface area contributed by atoms with Crippen LogP contribution in [-0.4, -0.2) is 23.0 Å². The summed E-state index contributed by atoms with van der Waals surface area (Å²) in [6.45, 7) is 1.86. The molecule has 1 aliphatic heterocycles. The standard InChI is InChI=1S/C20H16FN3O2/c1-11-17(23-10-22-11)9-14-19-16(24-20(14)25)8-7-15(21)18(19)12-3-5-13(26-2)6-4-12/h3-10H,1-2H3,(H,22,23)(H,24,25). The first-order valence-electron chi connectivity index (χ1n) is 8.09. The first kappa shape index (κ1) is 16.1. The Bertz CT molecular complexity index is 1040. The fraction of sp³-hybridized carbons (Fsp3) is 0.100. The quantitative estimate of drug-likeness (QED) is 0.702. The maximum atomic E-state index is 14.8. The first-order chi connectivity index (χ1) is 12.6. The monoisotopic (exact) mass is 349 g/mol. The Hall–Kier alpha value is -3.41. The molecule has 1 aliphatic rings. The molecule has 0 bridgehead atoms. The number of ether oxygens (including phenoxy) is 1. The zero-order chi connectivity index (χ0) is 18.3. The van der Waals surface area contributed by atoms with Gasteiger partial charge in [-0.25, -0.2) is 9.37 Å². The van der Waals surface area contributed by atoms with E-state index in [2.05, 4.69) is 15.3 Å². The largest absolute Gasteiger partial charge is 0.497 e. The van der Waals surface area contributed by atoms with E-state index in [-0.39, 0.29) is 5.91 Å². The number of aryl methyl sites for hydroxylation is 1. The fourth-order valence-corrected chi connectivity index (χ4v) is 3.09. The number of fused-ring (bicyclic) bond motifs is 1. The Labute approximate surface area is 149 Å². The molecule has 5 nitrogen and oxygen atoms in total. The van der Waals surface area contributed by atoms with Crippen LogP contribution in [-0.2, 0) is 4.79 Å². The highest BCUT2D eigenvalue weighted by Crippen LogP contribution is 2.42. The van der Waals surface area contributed by atoms with Crippen molar-refractivity contribution in [3.63, 3.8) is 0 Å². The zero-order valence-electron chi connectivity index (χ0n) is 14.3. The van der Waals surface area contributed by atoms with Gasteiger partial charge in [0.2, 0.25) is 0 Å². The molecule has 0 spiro atoms. The maximum absolute atomic E-state index is 14.8. The Morgan fingerprint density at radius 1 is 1.12 bits per heavy atom. The summed E-state index contributed by atoms with van der Waals surface area (Å²) >= 11 is 0. The van der Waals surface area contributed by atoms with Gasteiger partial charge in [-0.2, -0.15) is 0 Å². The van der Waals surface area contributed by atoms with Gasteiger partial charge < -0.3 is 15.0 Å². The van der Waals surface area contributed by atoms with Crippen LogP contribution >= 0.6 is 0 Å². The number of rotatable bonds is 3. The molecule has 0 saturated carbocycles. The number of nitrogens with zero attached hydrogens (tertiary/aromatic N) is 1. The molecule has 0 saturated heterocycles. The second-order valence-electron chi connectivity index (χ2n) is 6.00. The van der Waals surface area contributed by atoms with E-state index >= 15 is 0 Å². The molecule has 130 valence electrons. The van der Waals surface area contributed by atoms with Crippen molar-refractivity contribution in [2.75, 3.05) is 12.4 Å². The van der Waals surface area contributed by atoms with Crippen LogP contribution in [0.1, 0.15) is 17.0 Å². The highest BCUT2D eigenvalue weighted by atomic mass is 19.1. The van der Waals surface area contributed by atoms with Gasteiger partial charge in [0.15, 0.2) is 0 Å². The number of anilines is 1. The number of benzene rings is 2. The number of methoxy groups -OCH3 is 1. The van der Waals surface area contributed by atoms with Gasteiger partial charge in [0, 0.05) is 22.5 Å². The first-order valence-corrected chi connectivity index (χ1v) is 8.09. The Kier molecular flexibility index (Phi) is 3.80. The molecule has 3 aromatic rings. The van der Waals surface area contributed by atoms with Gasteiger partial charge in [0.05, 0.1) is 24.7 Å². The molecule has 4 rings (SSSR count). The molecule has 2 N–H and O–H groups in total. The van der Waals surface area contributed by atoms with Gasteiger partial charge in [-0.05, 0) is 42.8 Å². The van der Waals surface area contributed by atoms with Crippen LogP contribution in [0.4, 0.5) is 10.1 Å². The molecule has 6 heteroatoms. The van der Waals surface area contributed by atoms with Crippen molar-refractivity contribution in [3.05, 3.63) is 65.5 Å². The van der Waals surface area contributed by atoms with Crippen molar-refractivity contribution in [2.45, 2.75) is 6.92 Å². The minimum atomic E-state index is -0.393. The van der Waals surface area contributed by atoms with Gasteiger partial charge in [-0.1, -0.05) is 12.1 Å². The molecule has 0 aliphatic carbocycles. The molecule has 2 aromatic carbocycles. The van der Waals surface area contributed by atoms with Crippen molar-refractivity contribution in [2.24, 2.45) is 0 Å². The summed E-state index contributed by atoms with van der Waals surface area (Å²) in [6, 6.07) is 10.0. The molecule has 1 amide bonds. The Morgan fingerprint density at radius 3 is 2.54 bits per heavy atom. The van der Waals surface area contributed by atoms with Crippen molar-refractivity contribution < 1.29 is 13.9 Å². The normalized spacial score (nSPS) is 14.4. The molecular weight excluding hydrogens is 333 g/mol. The van der Waals surface area contributed by atoms with Crippen LogP contribution < -0.4 is 10.1 Å². The second kappa shape index (κ2) is 6.15. The fourth-order valence-electron chi connectivity index (χ4n) is 3.09. The van der Waals surface area contributed by atoms with Crippen LogP contribution in [0.15, 0.2) is 42.7 Å². The predicted octanol–water partition coefficient (Wildman–Crippen LogP) is 4.03. The number of imidazole rings is 1. The van der Waals surface area contributed by atoms with Crippen molar-refractivity contribution in [1.82, 2.24) is 9.97 Å². The number of carbonyl (C=O) groups excluding carboxylic acids is 1. The minimum absolute atomic E-state index is 0.275. The number of aromatic nitrogens is 2. The van der Waals surface area contributed by atoms with Crippen molar-refractivity contribution in [1.29, 1.82) is 0 Å². The van der Waals surface area contributed by atoms with Crippen LogP contribution in [0.3, 0.4) is 0 Å². The van der Waals surface area contributed by atoms with Gasteiger partial charge in [0.1, 0.15) is 11.6 Å². The maximum Gasteiger partial charge on any atom is 0.256 e. The predicted molar refractivity (Wildman–Crippen MR) is 98.2 cm³/mol. The molecular formula is C20H16FN3O2. The number of amides is 1. The number of hydrogen-bond acceptors (Lipinski definition) is 3. The number of halogens is 1. The summed E-state index contributed by atoms with van der Waals surface area (Å²) in [5.74, 6) is 0.0108. The van der Waals surface area contributed by atoms with Crippen LogP contribution in [0.2, 0.25) is 0 Å². The molecule has 0 fully saturated rings. The SMILES string of the molecule is COc1ccc(-c2c(F)ccc3c2C(=Cc2nc[nH]c2C)C(=O)N3)cc1. The summed E-state index contributed by atoms with van der Waals surface area (Å²) in [7, 11) is 1.57. The molecule has 0 radical (unpaired) electrons.